The van der Waals surface area contributed by atoms with E-state index in [4.69, 9.17) is 15.7 Å². The Morgan fingerprint density at radius 3 is 2.34 bits per heavy atom. The normalized spacial score (nSPS) is 20.7. The summed E-state index contributed by atoms with van der Waals surface area (Å²) < 4.78 is 4.49. The maximum absolute atomic E-state index is 6.47. The van der Waals surface area contributed by atoms with Crippen LogP contribution in [-0.4, -0.2) is 73.2 Å². The molecule has 0 atom stereocenters. The van der Waals surface area contributed by atoms with Crippen molar-refractivity contribution in [2.45, 2.75) is 44.7 Å². The highest BCUT2D eigenvalue weighted by Gasteiger charge is 2.30. The van der Waals surface area contributed by atoms with Gasteiger partial charge in [-0.15, -0.1) is 0 Å². The smallest absolute Gasteiger partial charge is 0.208 e. The molecule has 9 nitrogen and oxygen atoms in total. The first-order valence-corrected chi connectivity index (χ1v) is 14.8. The Balaban J connectivity index is 1.13. The van der Waals surface area contributed by atoms with E-state index in [1.54, 1.807) is 6.33 Å². The molecule has 3 aromatic heterocycles. The van der Waals surface area contributed by atoms with Crippen molar-refractivity contribution < 1.29 is 0 Å². The Bertz CT molecular complexity index is 1680. The average molecular weight is 550 g/mol. The zero-order valence-electron chi connectivity index (χ0n) is 24.2. The van der Waals surface area contributed by atoms with Crippen LogP contribution in [0.15, 0.2) is 55.0 Å². The molecule has 0 unspecified atom stereocenters. The zero-order valence-corrected chi connectivity index (χ0v) is 24.2. The van der Waals surface area contributed by atoms with Gasteiger partial charge in [0.2, 0.25) is 5.95 Å². The van der Waals surface area contributed by atoms with Crippen molar-refractivity contribution >= 4 is 39.5 Å². The molecule has 2 aliphatic rings. The summed E-state index contributed by atoms with van der Waals surface area (Å²) in [6, 6.07) is 15.8. The molecule has 0 radical (unpaired) electrons. The molecule has 212 valence electrons. The van der Waals surface area contributed by atoms with Crippen molar-refractivity contribution in [3.05, 3.63) is 60.6 Å². The molecule has 1 aliphatic heterocycles. The highest BCUT2D eigenvalue weighted by atomic mass is 15.3. The Labute approximate surface area is 241 Å². The summed E-state index contributed by atoms with van der Waals surface area (Å²) in [5.74, 6) is 1.36. The van der Waals surface area contributed by atoms with Crippen LogP contribution < -0.4 is 11.1 Å². The molecule has 41 heavy (non-hydrogen) atoms. The predicted molar refractivity (Wildman–Crippen MR) is 166 cm³/mol. The van der Waals surface area contributed by atoms with Gasteiger partial charge in [0.25, 0.3) is 0 Å². The minimum absolute atomic E-state index is 0.422. The van der Waals surface area contributed by atoms with Crippen LogP contribution in [0.25, 0.3) is 33.2 Å². The number of nitrogens with two attached hydrogens (primary N) is 1. The molecule has 4 heterocycles. The van der Waals surface area contributed by atoms with Crippen molar-refractivity contribution in [2.24, 2.45) is 7.05 Å². The van der Waals surface area contributed by atoms with Crippen molar-refractivity contribution in [3.8, 4) is 11.1 Å². The van der Waals surface area contributed by atoms with Gasteiger partial charge in [0, 0.05) is 62.8 Å². The number of piperazine rings is 1. The molecule has 1 saturated carbocycles. The summed E-state index contributed by atoms with van der Waals surface area (Å²) in [6.45, 7) is 6.84. The van der Waals surface area contributed by atoms with Crippen LogP contribution in [0.5, 0.6) is 0 Å². The number of nitrogens with zero attached hydrogens (tertiary/aromatic N) is 7. The summed E-state index contributed by atoms with van der Waals surface area (Å²) in [7, 11) is 4.28. The predicted octanol–water partition coefficient (Wildman–Crippen LogP) is 5.35. The van der Waals surface area contributed by atoms with Crippen LogP contribution in [0, 0.1) is 6.92 Å². The second-order valence-electron chi connectivity index (χ2n) is 11.8. The molecule has 7 rings (SSSR count). The Morgan fingerprint density at radius 1 is 0.878 bits per heavy atom. The number of para-hydroxylation sites is 1. The molecule has 0 spiro atoms. The molecular formula is C32H39N9. The van der Waals surface area contributed by atoms with Crippen LogP contribution in [0.2, 0.25) is 0 Å². The van der Waals surface area contributed by atoms with Crippen LogP contribution in [0.4, 0.5) is 17.5 Å². The molecule has 1 saturated heterocycles. The van der Waals surface area contributed by atoms with Gasteiger partial charge in [-0.05, 0) is 69.0 Å². The van der Waals surface area contributed by atoms with E-state index in [0.717, 1.165) is 57.7 Å². The molecule has 2 aromatic carbocycles. The number of aryl methyl sites for hydroxylation is 2. The number of aromatic nitrogens is 5. The van der Waals surface area contributed by atoms with Gasteiger partial charge in [-0.1, -0.05) is 24.3 Å². The number of likely N-dealkylation sites (N-methyl/N-ethyl adjacent to an activating group) is 1. The number of benzene rings is 2. The monoisotopic (exact) mass is 549 g/mol. The van der Waals surface area contributed by atoms with Gasteiger partial charge in [-0.3, -0.25) is 4.90 Å². The topological polar surface area (TPSA) is 93.1 Å². The molecule has 5 aromatic rings. The lowest BCUT2D eigenvalue weighted by atomic mass is 9.89. The molecule has 1 aliphatic carbocycles. The van der Waals surface area contributed by atoms with Gasteiger partial charge in [0.15, 0.2) is 0 Å². The zero-order chi connectivity index (χ0) is 28.1. The number of anilines is 3. The first-order valence-electron chi connectivity index (χ1n) is 14.8. The standard InChI is InChI=1S/C32H39N9/c1-21-5-4-6-27-29(21)39(3)32(37-27)36-23-9-7-22(8-10-23)26-19-41(31-28(26)30(33)34-20-35-31)25-13-11-24(12-14-25)40-17-15-38(2)16-18-40/h4-10,19-20,24-25H,11-18H2,1-3H3,(H,36,37)(H2,33,34,35)/t24-,25-. The third-order valence-electron chi connectivity index (χ3n) is 9.30. The number of nitrogens with one attached hydrogen (secondary N) is 1. The van der Waals surface area contributed by atoms with Crippen molar-refractivity contribution in [2.75, 3.05) is 44.3 Å². The van der Waals surface area contributed by atoms with Crippen LogP contribution in [-0.2, 0) is 7.05 Å². The van der Waals surface area contributed by atoms with E-state index in [2.05, 4.69) is 92.8 Å². The first kappa shape index (κ1) is 26.0. The number of imidazole rings is 1. The fraction of sp³-hybridized carbons (Fsp3) is 0.406. The number of hydrogen-bond donors (Lipinski definition) is 2. The fourth-order valence-corrected chi connectivity index (χ4v) is 6.93. The van der Waals surface area contributed by atoms with Crippen LogP contribution in [0.3, 0.4) is 0 Å². The molecule has 2 fully saturated rings. The van der Waals surface area contributed by atoms with E-state index < -0.39 is 0 Å². The van der Waals surface area contributed by atoms with Crippen molar-refractivity contribution in [3.63, 3.8) is 0 Å². The third-order valence-corrected chi connectivity index (χ3v) is 9.30. The highest BCUT2D eigenvalue weighted by Crippen LogP contribution is 2.39. The number of nitrogen functional groups attached to an aromatic ring is 1. The summed E-state index contributed by atoms with van der Waals surface area (Å²) in [5, 5.41) is 4.44. The lowest BCUT2D eigenvalue weighted by Gasteiger charge is -2.41. The minimum Gasteiger partial charge on any atom is -0.383 e. The maximum Gasteiger partial charge on any atom is 0.208 e. The largest absolute Gasteiger partial charge is 0.383 e. The van der Waals surface area contributed by atoms with Gasteiger partial charge < -0.3 is 25.1 Å². The average Bonchev–Trinajstić information content (AvgIpc) is 3.53. The number of fused-ring (bicyclic) bond motifs is 2. The van der Waals surface area contributed by atoms with Crippen molar-refractivity contribution in [1.82, 2.24) is 33.9 Å². The number of hydrogen-bond acceptors (Lipinski definition) is 7. The molecule has 3 N–H and O–H groups in total. The third kappa shape index (κ3) is 4.73. The van der Waals surface area contributed by atoms with Gasteiger partial charge in [-0.25, -0.2) is 15.0 Å². The SMILES string of the molecule is Cc1cccc2nc(Nc3ccc(-c4cn([C@H]5CC[C@H](N6CCN(C)CC6)CC5)c5ncnc(N)c45)cc3)n(C)c12. The second-order valence-corrected chi connectivity index (χ2v) is 11.8. The molecular weight excluding hydrogens is 510 g/mol. The van der Waals surface area contributed by atoms with Gasteiger partial charge in [-0.2, -0.15) is 0 Å². The lowest BCUT2D eigenvalue weighted by molar-refractivity contribution is 0.0828. The Morgan fingerprint density at radius 2 is 1.61 bits per heavy atom. The summed E-state index contributed by atoms with van der Waals surface area (Å²) >= 11 is 0. The van der Waals surface area contributed by atoms with E-state index in [1.165, 1.54) is 44.6 Å². The van der Waals surface area contributed by atoms with E-state index in [9.17, 15) is 0 Å². The highest BCUT2D eigenvalue weighted by molar-refractivity contribution is 6.00. The molecule has 0 amide bonds. The van der Waals surface area contributed by atoms with Gasteiger partial charge in [0.05, 0.1) is 16.4 Å². The van der Waals surface area contributed by atoms with Gasteiger partial charge >= 0.3 is 0 Å². The quantitative estimate of drug-likeness (QED) is 0.305. The van der Waals surface area contributed by atoms with E-state index in [1.807, 2.05) is 6.07 Å². The summed E-state index contributed by atoms with van der Waals surface area (Å²) in [6.07, 6.45) is 8.62. The minimum atomic E-state index is 0.422. The maximum atomic E-state index is 6.47. The van der Waals surface area contributed by atoms with E-state index >= 15 is 0 Å². The molecule has 0 bridgehead atoms. The lowest BCUT2D eigenvalue weighted by Crippen LogP contribution is -2.49. The van der Waals surface area contributed by atoms with Crippen molar-refractivity contribution in [1.29, 1.82) is 0 Å². The fourth-order valence-electron chi connectivity index (χ4n) is 6.93. The van der Waals surface area contributed by atoms with Crippen LogP contribution >= 0.6 is 0 Å². The van der Waals surface area contributed by atoms with E-state index in [0.29, 0.717) is 17.9 Å². The summed E-state index contributed by atoms with van der Waals surface area (Å²) in [5.41, 5.74) is 13.9. The second kappa shape index (κ2) is 10.5. The first-order chi connectivity index (χ1) is 20.0. The molecule has 9 heteroatoms. The van der Waals surface area contributed by atoms with Crippen LogP contribution in [0.1, 0.15) is 37.3 Å². The van der Waals surface area contributed by atoms with Gasteiger partial charge in [0.1, 0.15) is 17.8 Å². The Kier molecular flexibility index (Phi) is 6.63. The Hall–Kier alpha value is -3.95. The van der Waals surface area contributed by atoms with E-state index in [-0.39, 0.29) is 0 Å². The summed E-state index contributed by atoms with van der Waals surface area (Å²) in [4.78, 5) is 19.0. The number of rotatable bonds is 5.